The van der Waals surface area contributed by atoms with E-state index in [2.05, 4.69) is 15.0 Å². The first-order chi connectivity index (χ1) is 13.6. The lowest BCUT2D eigenvalue weighted by Crippen LogP contribution is -2.41. The molecule has 28 heavy (non-hydrogen) atoms. The van der Waals surface area contributed by atoms with Gasteiger partial charge < -0.3 is 9.47 Å². The number of sulfonamides is 1. The van der Waals surface area contributed by atoms with E-state index in [1.165, 1.54) is 11.4 Å². The van der Waals surface area contributed by atoms with Gasteiger partial charge in [-0.1, -0.05) is 18.2 Å². The molecule has 2 aromatic heterocycles. The number of methoxy groups -OCH3 is 1. The van der Waals surface area contributed by atoms with E-state index in [1.807, 2.05) is 12.1 Å². The molecule has 9 heteroatoms. The molecule has 0 unspecified atom stereocenters. The van der Waals surface area contributed by atoms with Crippen LogP contribution < -0.4 is 9.47 Å². The van der Waals surface area contributed by atoms with Gasteiger partial charge in [0.15, 0.2) is 0 Å². The highest BCUT2D eigenvalue weighted by atomic mass is 32.2. The topological polar surface area (TPSA) is 94.5 Å². The van der Waals surface area contributed by atoms with Crippen LogP contribution in [-0.4, -0.2) is 54.0 Å². The molecule has 146 valence electrons. The molecule has 0 spiro atoms. The van der Waals surface area contributed by atoms with Crippen molar-refractivity contribution in [3.63, 3.8) is 0 Å². The highest BCUT2D eigenvalue weighted by Gasteiger charge is 2.31. The van der Waals surface area contributed by atoms with Gasteiger partial charge in [0.1, 0.15) is 11.0 Å². The van der Waals surface area contributed by atoms with E-state index in [-0.39, 0.29) is 17.0 Å². The van der Waals surface area contributed by atoms with Crippen LogP contribution in [0.1, 0.15) is 12.8 Å². The van der Waals surface area contributed by atoms with Crippen molar-refractivity contribution in [1.82, 2.24) is 19.3 Å². The zero-order valence-electron chi connectivity index (χ0n) is 15.4. The molecule has 0 amide bonds. The third-order valence-electron chi connectivity index (χ3n) is 4.69. The predicted octanol–water partition coefficient (Wildman–Crippen LogP) is 2.27. The van der Waals surface area contributed by atoms with Gasteiger partial charge in [0, 0.05) is 36.9 Å². The summed E-state index contributed by atoms with van der Waals surface area (Å²) in [4.78, 5) is 12.6. The molecule has 0 atom stereocenters. The Kier molecular flexibility index (Phi) is 5.10. The fourth-order valence-corrected chi connectivity index (χ4v) is 4.91. The second-order valence-electron chi connectivity index (χ2n) is 6.43. The molecule has 1 fully saturated rings. The zero-order chi connectivity index (χ0) is 19.6. The summed E-state index contributed by atoms with van der Waals surface area (Å²) in [7, 11) is -2.14. The van der Waals surface area contributed by atoms with E-state index in [0.29, 0.717) is 37.3 Å². The van der Waals surface area contributed by atoms with Crippen molar-refractivity contribution in [2.75, 3.05) is 20.2 Å². The van der Waals surface area contributed by atoms with Crippen molar-refractivity contribution in [3.8, 4) is 11.9 Å². The fourth-order valence-electron chi connectivity index (χ4n) is 3.27. The molecule has 0 saturated carbocycles. The van der Waals surface area contributed by atoms with Crippen molar-refractivity contribution in [3.05, 3.63) is 48.8 Å². The maximum atomic E-state index is 13.2. The minimum atomic E-state index is -3.63. The van der Waals surface area contributed by atoms with E-state index in [1.54, 1.807) is 36.7 Å². The maximum Gasteiger partial charge on any atom is 0.319 e. The summed E-state index contributed by atoms with van der Waals surface area (Å²) in [6.45, 7) is 0.747. The number of rotatable bonds is 5. The Morgan fingerprint density at radius 1 is 1.04 bits per heavy atom. The Labute approximate surface area is 163 Å². The average Bonchev–Trinajstić information content (AvgIpc) is 2.74. The standard InChI is InChI=1S/C19H20N4O4S/c1-26-19-21-11-7-17(22-19)27-15-8-12-23(13-9-15)28(24,25)16-6-2-4-14-5-3-10-20-18(14)16/h2-7,10-11,15H,8-9,12-13H2,1H3. The van der Waals surface area contributed by atoms with Crippen LogP contribution in [0.15, 0.2) is 53.7 Å². The molecular formula is C19H20N4O4S. The number of fused-ring (bicyclic) bond motifs is 1. The van der Waals surface area contributed by atoms with Gasteiger partial charge in [-0.2, -0.15) is 9.29 Å². The summed E-state index contributed by atoms with van der Waals surface area (Å²) in [5.41, 5.74) is 0.497. The Bertz CT molecular complexity index is 1080. The molecule has 4 rings (SSSR count). The van der Waals surface area contributed by atoms with Crippen molar-refractivity contribution >= 4 is 20.9 Å². The summed E-state index contributed by atoms with van der Waals surface area (Å²) in [5.74, 6) is 0.423. The van der Waals surface area contributed by atoms with E-state index < -0.39 is 10.0 Å². The average molecular weight is 400 g/mol. The summed E-state index contributed by atoms with van der Waals surface area (Å²) >= 11 is 0. The number of para-hydroxylation sites is 1. The lowest BCUT2D eigenvalue weighted by molar-refractivity contribution is 0.128. The molecule has 8 nitrogen and oxygen atoms in total. The minimum absolute atomic E-state index is 0.114. The van der Waals surface area contributed by atoms with Crippen LogP contribution in [-0.2, 0) is 10.0 Å². The van der Waals surface area contributed by atoms with Gasteiger partial charge in [-0.15, -0.1) is 0 Å². The van der Waals surface area contributed by atoms with Crippen LogP contribution in [0.25, 0.3) is 10.9 Å². The van der Waals surface area contributed by atoms with Crippen molar-refractivity contribution in [1.29, 1.82) is 0 Å². The van der Waals surface area contributed by atoms with Crippen LogP contribution in [0.3, 0.4) is 0 Å². The number of hydrogen-bond donors (Lipinski definition) is 0. The summed E-state index contributed by atoms with van der Waals surface area (Å²) in [6, 6.07) is 10.8. The molecule has 1 aliphatic rings. The number of benzene rings is 1. The zero-order valence-corrected chi connectivity index (χ0v) is 16.2. The molecule has 0 aliphatic carbocycles. The van der Waals surface area contributed by atoms with Crippen LogP contribution >= 0.6 is 0 Å². The Morgan fingerprint density at radius 3 is 2.61 bits per heavy atom. The maximum absolute atomic E-state index is 13.2. The number of nitrogens with zero attached hydrogens (tertiary/aromatic N) is 4. The van der Waals surface area contributed by atoms with Crippen molar-refractivity contribution in [2.24, 2.45) is 0 Å². The third-order valence-corrected chi connectivity index (χ3v) is 6.62. The van der Waals surface area contributed by atoms with Gasteiger partial charge in [0.25, 0.3) is 0 Å². The van der Waals surface area contributed by atoms with Gasteiger partial charge in [-0.05, 0) is 25.0 Å². The third kappa shape index (κ3) is 3.63. The summed E-state index contributed by atoms with van der Waals surface area (Å²) in [6.07, 6.45) is 4.20. The predicted molar refractivity (Wildman–Crippen MR) is 103 cm³/mol. The molecule has 1 aromatic carbocycles. The van der Waals surface area contributed by atoms with Crippen molar-refractivity contribution in [2.45, 2.75) is 23.8 Å². The lowest BCUT2D eigenvalue weighted by atomic mass is 10.1. The summed E-state index contributed by atoms with van der Waals surface area (Å²) < 4.78 is 38.7. The highest BCUT2D eigenvalue weighted by Crippen LogP contribution is 2.27. The Balaban J connectivity index is 1.48. The van der Waals surface area contributed by atoms with Gasteiger partial charge >= 0.3 is 6.01 Å². The first-order valence-corrected chi connectivity index (χ1v) is 10.4. The summed E-state index contributed by atoms with van der Waals surface area (Å²) in [5, 5.41) is 0.805. The number of pyridine rings is 1. The molecule has 1 saturated heterocycles. The van der Waals surface area contributed by atoms with Crippen LogP contribution in [0, 0.1) is 0 Å². The van der Waals surface area contributed by atoms with Crippen LogP contribution in [0.4, 0.5) is 0 Å². The normalized spacial score (nSPS) is 16.2. The second-order valence-corrected chi connectivity index (χ2v) is 8.34. The molecule has 3 aromatic rings. The molecular weight excluding hydrogens is 380 g/mol. The quantitative estimate of drug-likeness (QED) is 0.648. The van der Waals surface area contributed by atoms with Crippen molar-refractivity contribution < 1.29 is 17.9 Å². The largest absolute Gasteiger partial charge is 0.474 e. The Hall–Kier alpha value is -2.78. The first-order valence-electron chi connectivity index (χ1n) is 8.95. The van der Waals surface area contributed by atoms with E-state index >= 15 is 0 Å². The Morgan fingerprint density at radius 2 is 1.82 bits per heavy atom. The molecule has 1 aliphatic heterocycles. The minimum Gasteiger partial charge on any atom is -0.474 e. The van der Waals surface area contributed by atoms with Gasteiger partial charge in [-0.25, -0.2) is 13.4 Å². The molecule has 0 N–H and O–H groups in total. The number of aromatic nitrogens is 3. The smallest absolute Gasteiger partial charge is 0.319 e. The fraction of sp³-hybridized carbons (Fsp3) is 0.316. The van der Waals surface area contributed by atoms with Gasteiger partial charge in [0.05, 0.1) is 12.6 Å². The monoisotopic (exact) mass is 400 g/mol. The SMILES string of the molecule is COc1nccc(OC2CCN(S(=O)(=O)c3cccc4cccnc34)CC2)n1. The molecule has 3 heterocycles. The number of piperidine rings is 1. The second kappa shape index (κ2) is 7.69. The highest BCUT2D eigenvalue weighted by molar-refractivity contribution is 7.89. The van der Waals surface area contributed by atoms with Gasteiger partial charge in [0.2, 0.25) is 15.9 Å². The van der Waals surface area contributed by atoms with Crippen LogP contribution in [0.2, 0.25) is 0 Å². The first kappa shape index (κ1) is 18.6. The lowest BCUT2D eigenvalue weighted by Gasteiger charge is -2.31. The van der Waals surface area contributed by atoms with Gasteiger partial charge in [-0.3, -0.25) is 4.98 Å². The molecule has 0 bridgehead atoms. The number of ether oxygens (including phenoxy) is 2. The van der Waals surface area contributed by atoms with E-state index in [9.17, 15) is 8.42 Å². The van der Waals surface area contributed by atoms with E-state index in [0.717, 1.165) is 5.39 Å². The number of hydrogen-bond acceptors (Lipinski definition) is 7. The van der Waals surface area contributed by atoms with Crippen LogP contribution in [0.5, 0.6) is 11.9 Å². The molecule has 0 radical (unpaired) electrons. The van der Waals surface area contributed by atoms with E-state index in [4.69, 9.17) is 9.47 Å².